The van der Waals surface area contributed by atoms with E-state index in [4.69, 9.17) is 9.63 Å². The molecule has 0 aromatic carbocycles. The number of carboxylic acids is 1. The van der Waals surface area contributed by atoms with Crippen molar-refractivity contribution in [1.82, 2.24) is 10.1 Å². The zero-order valence-electron chi connectivity index (χ0n) is 8.63. The smallest absolute Gasteiger partial charge is 0.313 e. The molecule has 0 saturated heterocycles. The lowest BCUT2D eigenvalue weighted by atomic mass is 10.6. The van der Waals surface area contributed by atoms with Crippen LogP contribution in [0.4, 0.5) is 5.95 Å². The van der Waals surface area contributed by atoms with Gasteiger partial charge in [-0.25, -0.2) is 0 Å². The number of nitrogens with zero attached hydrogens (tertiary/aromatic N) is 3. The number of carbonyl (C=O) groups is 1. The number of anilines is 1. The van der Waals surface area contributed by atoms with E-state index < -0.39 is 5.97 Å². The highest BCUT2D eigenvalue weighted by molar-refractivity contribution is 7.99. The van der Waals surface area contributed by atoms with Crippen LogP contribution in [0.1, 0.15) is 12.8 Å². The highest BCUT2D eigenvalue weighted by atomic mass is 32.2. The van der Waals surface area contributed by atoms with Crippen molar-refractivity contribution in [1.29, 1.82) is 0 Å². The molecule has 0 amide bonds. The summed E-state index contributed by atoms with van der Waals surface area (Å²) in [6.45, 7) is 2.77. The van der Waals surface area contributed by atoms with Crippen molar-refractivity contribution in [2.45, 2.75) is 12.7 Å². The van der Waals surface area contributed by atoms with Gasteiger partial charge in [0.1, 0.15) is 0 Å². The number of aliphatic carboxylic acids is 1. The second-order valence-corrected chi connectivity index (χ2v) is 3.87. The average Bonchev–Trinajstić information content (AvgIpc) is 2.65. The maximum Gasteiger partial charge on any atom is 0.313 e. The van der Waals surface area contributed by atoms with Crippen LogP contribution in [0.3, 0.4) is 0 Å². The van der Waals surface area contributed by atoms with Crippen molar-refractivity contribution in [2.24, 2.45) is 0 Å². The van der Waals surface area contributed by atoms with E-state index in [9.17, 15) is 4.79 Å². The third-order valence-electron chi connectivity index (χ3n) is 1.72. The van der Waals surface area contributed by atoms with Crippen molar-refractivity contribution in [2.75, 3.05) is 24.2 Å². The lowest BCUT2D eigenvalue weighted by Gasteiger charge is -2.08. The molecular weight excluding hydrogens is 218 g/mol. The van der Waals surface area contributed by atoms with E-state index in [1.54, 1.807) is 0 Å². The second-order valence-electron chi connectivity index (χ2n) is 2.89. The Morgan fingerprint density at radius 3 is 3.00 bits per heavy atom. The first-order valence-electron chi connectivity index (χ1n) is 4.46. The third-order valence-corrected chi connectivity index (χ3v) is 2.63. The predicted octanol–water partition coefficient (Wildman–Crippen LogP) is 0.844. The third kappa shape index (κ3) is 3.78. The Morgan fingerprint density at radius 1 is 1.67 bits per heavy atom. The quantitative estimate of drug-likeness (QED) is 0.777. The predicted molar refractivity (Wildman–Crippen MR) is 57.0 cm³/mol. The fourth-order valence-corrected chi connectivity index (χ4v) is 1.40. The minimum absolute atomic E-state index is 0.0430. The van der Waals surface area contributed by atoms with Gasteiger partial charge < -0.3 is 14.5 Å². The van der Waals surface area contributed by atoms with E-state index >= 15 is 0 Å². The van der Waals surface area contributed by atoms with Gasteiger partial charge in [0.2, 0.25) is 5.89 Å². The molecule has 6 nitrogen and oxygen atoms in total. The Labute approximate surface area is 91.6 Å². The number of aromatic nitrogens is 2. The van der Waals surface area contributed by atoms with Gasteiger partial charge in [0.05, 0.1) is 11.5 Å². The summed E-state index contributed by atoms with van der Waals surface area (Å²) in [5.74, 6) is 0.614. The second kappa shape index (κ2) is 5.59. The van der Waals surface area contributed by atoms with E-state index in [2.05, 4.69) is 10.1 Å². The molecular formula is C8H13N3O3S. The first-order valence-corrected chi connectivity index (χ1v) is 5.62. The molecule has 15 heavy (non-hydrogen) atoms. The molecule has 0 radical (unpaired) electrons. The molecule has 0 fully saturated rings. The molecule has 7 heteroatoms. The van der Waals surface area contributed by atoms with E-state index in [1.165, 1.54) is 11.8 Å². The Balaban J connectivity index is 2.42. The van der Waals surface area contributed by atoms with Crippen LogP contribution in [-0.2, 0) is 10.5 Å². The monoisotopic (exact) mass is 231 g/mol. The van der Waals surface area contributed by atoms with Crippen LogP contribution >= 0.6 is 11.8 Å². The molecule has 0 saturated carbocycles. The van der Waals surface area contributed by atoms with Gasteiger partial charge in [-0.05, 0) is 12.1 Å². The van der Waals surface area contributed by atoms with Crippen molar-refractivity contribution in [3.8, 4) is 0 Å². The zero-order chi connectivity index (χ0) is 11.3. The van der Waals surface area contributed by atoms with Gasteiger partial charge in [-0.2, -0.15) is 4.98 Å². The number of thioether (sulfide) groups is 1. The highest BCUT2D eigenvalue weighted by Gasteiger charge is 2.09. The first kappa shape index (κ1) is 11.8. The van der Waals surface area contributed by atoms with E-state index in [0.717, 1.165) is 6.54 Å². The van der Waals surface area contributed by atoms with Crippen molar-refractivity contribution in [3.63, 3.8) is 0 Å². The van der Waals surface area contributed by atoms with Gasteiger partial charge in [-0.15, -0.1) is 11.8 Å². The summed E-state index contributed by atoms with van der Waals surface area (Å²) in [6, 6.07) is 0. The minimum atomic E-state index is -0.842. The molecule has 0 bridgehead atoms. The van der Waals surface area contributed by atoms with Gasteiger partial charge in [0.25, 0.3) is 5.95 Å². The van der Waals surface area contributed by atoms with Crippen LogP contribution in [0, 0.1) is 0 Å². The van der Waals surface area contributed by atoms with Crippen molar-refractivity contribution in [3.05, 3.63) is 5.89 Å². The van der Waals surface area contributed by atoms with Gasteiger partial charge in [-0.1, -0.05) is 0 Å². The Hall–Kier alpha value is -1.24. The van der Waals surface area contributed by atoms with E-state index in [-0.39, 0.29) is 5.75 Å². The lowest BCUT2D eigenvalue weighted by Crippen LogP contribution is -2.17. The number of hydrogen-bond donors (Lipinski definition) is 1. The molecule has 84 valence electrons. The molecule has 1 heterocycles. The highest BCUT2D eigenvalue weighted by Crippen LogP contribution is 2.13. The topological polar surface area (TPSA) is 79.5 Å². The molecule has 0 unspecified atom stereocenters. The lowest BCUT2D eigenvalue weighted by molar-refractivity contribution is -0.133. The Bertz CT molecular complexity index is 329. The van der Waals surface area contributed by atoms with Crippen molar-refractivity contribution < 1.29 is 14.4 Å². The normalized spacial score (nSPS) is 10.3. The van der Waals surface area contributed by atoms with Crippen LogP contribution in [0.25, 0.3) is 0 Å². The maximum atomic E-state index is 10.3. The molecule has 0 aliphatic rings. The van der Waals surface area contributed by atoms with Crippen LogP contribution < -0.4 is 4.90 Å². The van der Waals surface area contributed by atoms with Crippen LogP contribution in [0.5, 0.6) is 0 Å². The first-order chi connectivity index (χ1) is 7.13. The summed E-state index contributed by atoms with van der Waals surface area (Å²) in [5, 5.41) is 12.2. The summed E-state index contributed by atoms with van der Waals surface area (Å²) < 4.78 is 4.95. The van der Waals surface area contributed by atoms with Gasteiger partial charge in [-0.3, -0.25) is 4.79 Å². The summed E-state index contributed by atoms with van der Waals surface area (Å²) in [5.41, 5.74) is 0. The van der Waals surface area contributed by atoms with Crippen LogP contribution in [0.2, 0.25) is 0 Å². The van der Waals surface area contributed by atoms with Crippen molar-refractivity contribution >= 4 is 23.7 Å². The Kier molecular flexibility index (Phi) is 4.41. The number of carboxylic acid groups (broad SMARTS) is 1. The van der Waals surface area contributed by atoms with Gasteiger partial charge >= 0.3 is 5.97 Å². The summed E-state index contributed by atoms with van der Waals surface area (Å²) in [4.78, 5) is 16.2. The molecule has 1 N–H and O–H groups in total. The molecule has 1 rings (SSSR count). The molecule has 1 aromatic rings. The SMILES string of the molecule is CCN(C)c1noc(CSCC(=O)O)n1. The molecule has 0 aliphatic carbocycles. The summed E-state index contributed by atoms with van der Waals surface area (Å²) >= 11 is 1.23. The number of rotatable bonds is 6. The minimum Gasteiger partial charge on any atom is -0.481 e. The zero-order valence-corrected chi connectivity index (χ0v) is 9.45. The van der Waals surface area contributed by atoms with Crippen LogP contribution in [0.15, 0.2) is 4.52 Å². The standard InChI is InChI=1S/C8H13N3O3S/c1-3-11(2)8-9-6(14-10-8)4-15-5-7(12)13/h3-5H2,1-2H3,(H,12,13). The molecule has 1 aromatic heterocycles. The summed E-state index contributed by atoms with van der Waals surface area (Å²) in [7, 11) is 1.86. The molecule has 0 spiro atoms. The van der Waals surface area contributed by atoms with Gasteiger partial charge in [0.15, 0.2) is 0 Å². The van der Waals surface area contributed by atoms with Crippen LogP contribution in [-0.4, -0.2) is 40.6 Å². The molecule has 0 atom stereocenters. The van der Waals surface area contributed by atoms with E-state index in [1.807, 2.05) is 18.9 Å². The largest absolute Gasteiger partial charge is 0.481 e. The fourth-order valence-electron chi connectivity index (χ4n) is 0.827. The Morgan fingerprint density at radius 2 is 2.40 bits per heavy atom. The summed E-state index contributed by atoms with van der Waals surface area (Å²) in [6.07, 6.45) is 0. The fraction of sp³-hybridized carbons (Fsp3) is 0.625. The maximum absolute atomic E-state index is 10.3. The molecule has 0 aliphatic heterocycles. The van der Waals surface area contributed by atoms with E-state index in [0.29, 0.717) is 17.6 Å². The number of hydrogen-bond acceptors (Lipinski definition) is 6. The van der Waals surface area contributed by atoms with Gasteiger partial charge in [0, 0.05) is 13.6 Å². The average molecular weight is 231 g/mol.